The molecule has 0 radical (unpaired) electrons. The molecule has 6 nitrogen and oxygen atoms in total. The molecule has 1 aromatic rings. The van der Waals surface area contributed by atoms with Gasteiger partial charge >= 0.3 is 0 Å². The average Bonchev–Trinajstić information content (AvgIpc) is 2.48. The van der Waals surface area contributed by atoms with Crippen LogP contribution in [-0.4, -0.2) is 50.6 Å². The highest BCUT2D eigenvalue weighted by Crippen LogP contribution is 2.28. The molecule has 21 heavy (non-hydrogen) atoms. The molecule has 0 bridgehead atoms. The Bertz CT molecular complexity index is 592. The molecule has 2 heterocycles. The number of piperidine rings is 1. The monoisotopic (exact) mass is 377 g/mol. The van der Waals surface area contributed by atoms with Gasteiger partial charge in [-0.1, -0.05) is 0 Å². The Morgan fingerprint density at radius 2 is 2.33 bits per heavy atom. The van der Waals surface area contributed by atoms with Crippen LogP contribution in [0, 0.1) is 0 Å². The van der Waals surface area contributed by atoms with Gasteiger partial charge in [0.15, 0.2) is 0 Å². The molecule has 1 unspecified atom stereocenters. The summed E-state index contributed by atoms with van der Waals surface area (Å²) < 4.78 is 33.4. The van der Waals surface area contributed by atoms with Crippen LogP contribution >= 0.6 is 15.9 Å². The molecule has 1 aromatic heterocycles. The number of halogens is 1. The second-order valence-corrected chi connectivity index (χ2v) is 7.65. The molecule has 1 atom stereocenters. The number of aromatic nitrogens is 1. The van der Waals surface area contributed by atoms with Gasteiger partial charge in [0.2, 0.25) is 10.0 Å². The molecule has 0 saturated carbocycles. The summed E-state index contributed by atoms with van der Waals surface area (Å²) in [6.07, 6.45) is 3.25. The molecule has 0 spiro atoms. The number of pyridine rings is 1. The van der Waals surface area contributed by atoms with E-state index >= 15 is 0 Å². The van der Waals surface area contributed by atoms with Crippen molar-refractivity contribution in [3.63, 3.8) is 0 Å². The molecule has 1 N–H and O–H groups in total. The molecule has 1 saturated heterocycles. The van der Waals surface area contributed by atoms with E-state index in [1.165, 1.54) is 4.31 Å². The summed E-state index contributed by atoms with van der Waals surface area (Å²) in [4.78, 5) is 4.31. The third-order valence-electron chi connectivity index (χ3n) is 3.42. The highest BCUT2D eigenvalue weighted by Gasteiger charge is 2.32. The van der Waals surface area contributed by atoms with Gasteiger partial charge in [-0.3, -0.25) is 0 Å². The SMILES string of the molecule is CCOC1CCCN(S(=O)(=O)c2cc(Br)cnc2NC)C1. The van der Waals surface area contributed by atoms with Crippen LogP contribution in [0.1, 0.15) is 19.8 Å². The maximum absolute atomic E-state index is 12.8. The van der Waals surface area contributed by atoms with Crippen LogP contribution in [0.5, 0.6) is 0 Å². The number of sulfonamides is 1. The van der Waals surface area contributed by atoms with Gasteiger partial charge in [0.25, 0.3) is 0 Å². The van der Waals surface area contributed by atoms with Crippen LogP contribution in [0.25, 0.3) is 0 Å². The van der Waals surface area contributed by atoms with E-state index in [1.807, 2.05) is 6.92 Å². The minimum atomic E-state index is -3.58. The van der Waals surface area contributed by atoms with Crippen LogP contribution in [0.15, 0.2) is 21.6 Å². The molecule has 2 rings (SSSR count). The first-order chi connectivity index (χ1) is 9.98. The fourth-order valence-corrected chi connectivity index (χ4v) is 4.61. The first-order valence-electron chi connectivity index (χ1n) is 6.94. The summed E-state index contributed by atoms with van der Waals surface area (Å²) in [5.74, 6) is 0.358. The summed E-state index contributed by atoms with van der Waals surface area (Å²) in [5, 5.41) is 2.84. The number of rotatable bonds is 5. The molecule has 1 aliphatic rings. The largest absolute Gasteiger partial charge is 0.377 e. The average molecular weight is 378 g/mol. The van der Waals surface area contributed by atoms with Crippen molar-refractivity contribution in [1.29, 1.82) is 0 Å². The number of hydrogen-bond acceptors (Lipinski definition) is 5. The molecular weight excluding hydrogens is 358 g/mol. The summed E-state index contributed by atoms with van der Waals surface area (Å²) in [6, 6.07) is 1.58. The van der Waals surface area contributed by atoms with E-state index in [1.54, 1.807) is 19.3 Å². The smallest absolute Gasteiger partial charge is 0.246 e. The number of nitrogens with one attached hydrogen (secondary N) is 1. The third kappa shape index (κ3) is 3.74. The van der Waals surface area contributed by atoms with E-state index in [0.29, 0.717) is 30.0 Å². The van der Waals surface area contributed by atoms with Gasteiger partial charge in [-0.05, 0) is 41.8 Å². The Morgan fingerprint density at radius 3 is 3.00 bits per heavy atom. The normalized spacial score (nSPS) is 20.4. The predicted molar refractivity (Wildman–Crippen MR) is 84.9 cm³/mol. The topological polar surface area (TPSA) is 71.5 Å². The van der Waals surface area contributed by atoms with Gasteiger partial charge < -0.3 is 10.1 Å². The second-order valence-electron chi connectivity index (χ2n) is 4.83. The van der Waals surface area contributed by atoms with Crippen molar-refractivity contribution in [2.24, 2.45) is 0 Å². The lowest BCUT2D eigenvalue weighted by atomic mass is 10.1. The van der Waals surface area contributed by atoms with Crippen molar-refractivity contribution >= 4 is 31.8 Å². The standard InChI is InChI=1S/C13H20BrN3O3S/c1-3-20-11-5-4-6-17(9-11)21(18,19)12-7-10(14)8-16-13(12)15-2/h7-8,11H,3-6,9H2,1-2H3,(H,15,16). The van der Waals surface area contributed by atoms with Crippen molar-refractivity contribution in [3.8, 4) is 0 Å². The molecule has 0 amide bonds. The van der Waals surface area contributed by atoms with Crippen LogP contribution in [0.4, 0.5) is 5.82 Å². The minimum absolute atomic E-state index is 0.0309. The Kier molecular flexibility index (Phi) is 5.59. The summed E-state index contributed by atoms with van der Waals surface area (Å²) in [6.45, 7) is 3.43. The number of hydrogen-bond donors (Lipinski definition) is 1. The van der Waals surface area contributed by atoms with Crippen LogP contribution < -0.4 is 5.32 Å². The number of anilines is 1. The summed E-state index contributed by atoms with van der Waals surface area (Å²) >= 11 is 3.28. The quantitative estimate of drug-likeness (QED) is 0.850. The fourth-order valence-electron chi connectivity index (χ4n) is 2.44. The Labute approximate surface area is 134 Å². The van der Waals surface area contributed by atoms with Gasteiger partial charge in [-0.15, -0.1) is 0 Å². The van der Waals surface area contributed by atoms with Crippen molar-refractivity contribution in [2.75, 3.05) is 32.1 Å². The van der Waals surface area contributed by atoms with Crippen LogP contribution in [0.3, 0.4) is 0 Å². The zero-order chi connectivity index (χ0) is 15.5. The lowest BCUT2D eigenvalue weighted by Gasteiger charge is -2.31. The molecular formula is C13H20BrN3O3S. The van der Waals surface area contributed by atoms with Crippen molar-refractivity contribution in [1.82, 2.24) is 9.29 Å². The van der Waals surface area contributed by atoms with E-state index in [-0.39, 0.29) is 11.0 Å². The van der Waals surface area contributed by atoms with Gasteiger partial charge in [0.05, 0.1) is 6.10 Å². The molecule has 0 aromatic carbocycles. The maximum Gasteiger partial charge on any atom is 0.246 e. The lowest BCUT2D eigenvalue weighted by Crippen LogP contribution is -2.43. The summed E-state index contributed by atoms with van der Waals surface area (Å²) in [5.41, 5.74) is 0. The van der Waals surface area contributed by atoms with E-state index in [2.05, 4.69) is 26.2 Å². The van der Waals surface area contributed by atoms with Gasteiger partial charge in [-0.2, -0.15) is 4.31 Å². The van der Waals surface area contributed by atoms with E-state index in [4.69, 9.17) is 4.74 Å². The van der Waals surface area contributed by atoms with Crippen molar-refractivity contribution in [2.45, 2.75) is 30.8 Å². The number of nitrogens with zero attached hydrogens (tertiary/aromatic N) is 2. The third-order valence-corrected chi connectivity index (χ3v) is 5.73. The van der Waals surface area contributed by atoms with Crippen LogP contribution in [-0.2, 0) is 14.8 Å². The zero-order valence-electron chi connectivity index (χ0n) is 12.2. The zero-order valence-corrected chi connectivity index (χ0v) is 14.6. The van der Waals surface area contributed by atoms with Gasteiger partial charge in [0, 0.05) is 37.4 Å². The first-order valence-corrected chi connectivity index (χ1v) is 9.17. The molecule has 0 aliphatic carbocycles. The fraction of sp³-hybridized carbons (Fsp3) is 0.615. The highest BCUT2D eigenvalue weighted by atomic mass is 79.9. The highest BCUT2D eigenvalue weighted by molar-refractivity contribution is 9.10. The maximum atomic E-state index is 12.8. The van der Waals surface area contributed by atoms with E-state index in [0.717, 1.165) is 12.8 Å². The molecule has 1 fully saturated rings. The molecule has 118 valence electrons. The Hall–Kier alpha value is -0.700. The van der Waals surface area contributed by atoms with E-state index < -0.39 is 10.0 Å². The Balaban J connectivity index is 2.31. The molecule has 8 heteroatoms. The van der Waals surface area contributed by atoms with Crippen molar-refractivity contribution in [3.05, 3.63) is 16.7 Å². The summed E-state index contributed by atoms with van der Waals surface area (Å²) in [7, 11) is -1.92. The van der Waals surface area contributed by atoms with E-state index in [9.17, 15) is 8.42 Å². The first kappa shape index (κ1) is 16.7. The predicted octanol–water partition coefficient (Wildman–Crippen LogP) is 2.08. The van der Waals surface area contributed by atoms with Gasteiger partial charge in [0.1, 0.15) is 10.7 Å². The number of ether oxygens (including phenoxy) is 1. The minimum Gasteiger partial charge on any atom is -0.377 e. The lowest BCUT2D eigenvalue weighted by molar-refractivity contribution is 0.0265. The van der Waals surface area contributed by atoms with Gasteiger partial charge in [-0.25, -0.2) is 13.4 Å². The second kappa shape index (κ2) is 7.04. The van der Waals surface area contributed by atoms with Crippen LogP contribution in [0.2, 0.25) is 0 Å². The molecule has 1 aliphatic heterocycles. The Morgan fingerprint density at radius 1 is 1.57 bits per heavy atom. The van der Waals surface area contributed by atoms with Crippen molar-refractivity contribution < 1.29 is 13.2 Å².